The Labute approximate surface area is 136 Å². The van der Waals surface area contributed by atoms with E-state index in [-0.39, 0.29) is 5.91 Å². The largest absolute Gasteiger partial charge is 0.349 e. The summed E-state index contributed by atoms with van der Waals surface area (Å²) in [5.74, 6) is -0.0787. The highest BCUT2D eigenvalue weighted by Crippen LogP contribution is 2.21. The minimum absolute atomic E-state index is 0.0787. The number of benzene rings is 1. The molecule has 0 heterocycles. The van der Waals surface area contributed by atoms with Crippen LogP contribution >= 0.6 is 23.8 Å². The Kier molecular flexibility index (Phi) is 6.00. The van der Waals surface area contributed by atoms with Gasteiger partial charge in [0, 0.05) is 18.1 Å². The van der Waals surface area contributed by atoms with E-state index in [9.17, 15) is 4.79 Å². The van der Waals surface area contributed by atoms with Crippen molar-refractivity contribution >= 4 is 34.8 Å². The van der Waals surface area contributed by atoms with Gasteiger partial charge in [0.15, 0.2) is 5.11 Å². The van der Waals surface area contributed by atoms with Crippen LogP contribution in [0.2, 0.25) is 5.02 Å². The summed E-state index contributed by atoms with van der Waals surface area (Å²) < 4.78 is 0. The van der Waals surface area contributed by atoms with Crippen LogP contribution in [0.4, 0.5) is 0 Å². The van der Waals surface area contributed by atoms with Gasteiger partial charge in [0.25, 0.3) is 0 Å². The maximum absolute atomic E-state index is 12.0. The number of carbonyl (C=O) groups is 1. The number of nitrogens with zero attached hydrogens (tertiary/aromatic N) is 1. The maximum atomic E-state index is 12.0. The molecule has 1 amide bonds. The van der Waals surface area contributed by atoms with E-state index in [1.54, 1.807) is 12.1 Å². The Morgan fingerprint density at radius 3 is 2.52 bits per heavy atom. The van der Waals surface area contributed by atoms with Gasteiger partial charge in [0.05, 0.1) is 6.42 Å². The summed E-state index contributed by atoms with van der Waals surface area (Å²) in [6, 6.07) is 7.75. The van der Waals surface area contributed by atoms with Crippen molar-refractivity contribution in [2.75, 3.05) is 7.05 Å². The summed E-state index contributed by atoms with van der Waals surface area (Å²) in [5.41, 5.74) is 0.931. The standard InChI is InChI=1S/C16H21ClN2OS/c1-19(14-5-3-2-4-6-14)16(21)18-15(20)11-12-7-9-13(17)10-8-12/h7-10,14H,2-6,11H2,1H3,(H,18,20,21). The third-order valence-electron chi connectivity index (χ3n) is 3.97. The van der Waals surface area contributed by atoms with Gasteiger partial charge in [-0.25, -0.2) is 0 Å². The number of hydrogen-bond acceptors (Lipinski definition) is 2. The van der Waals surface area contributed by atoms with Gasteiger partial charge in [-0.2, -0.15) is 0 Å². The van der Waals surface area contributed by atoms with Crippen LogP contribution in [-0.2, 0) is 11.2 Å². The summed E-state index contributed by atoms with van der Waals surface area (Å²) in [6.45, 7) is 0. The van der Waals surface area contributed by atoms with Gasteiger partial charge < -0.3 is 10.2 Å². The van der Waals surface area contributed by atoms with Crippen molar-refractivity contribution in [2.45, 2.75) is 44.6 Å². The molecule has 1 aromatic carbocycles. The molecule has 3 nitrogen and oxygen atoms in total. The van der Waals surface area contributed by atoms with Crippen LogP contribution in [-0.4, -0.2) is 29.0 Å². The molecule has 0 unspecified atom stereocenters. The van der Waals surface area contributed by atoms with Crippen LogP contribution in [0.1, 0.15) is 37.7 Å². The van der Waals surface area contributed by atoms with Crippen molar-refractivity contribution in [3.8, 4) is 0 Å². The molecule has 0 aromatic heterocycles. The molecule has 0 aliphatic heterocycles. The van der Waals surface area contributed by atoms with Gasteiger partial charge in [-0.05, 0) is 42.8 Å². The van der Waals surface area contributed by atoms with E-state index < -0.39 is 0 Å². The molecule has 0 spiro atoms. The Morgan fingerprint density at radius 2 is 1.90 bits per heavy atom. The summed E-state index contributed by atoms with van der Waals surface area (Å²) in [7, 11) is 1.97. The third-order valence-corrected chi connectivity index (χ3v) is 4.61. The number of rotatable bonds is 3. The van der Waals surface area contributed by atoms with Gasteiger partial charge >= 0.3 is 0 Å². The zero-order chi connectivity index (χ0) is 15.2. The topological polar surface area (TPSA) is 32.3 Å². The summed E-state index contributed by atoms with van der Waals surface area (Å²) in [5, 5.41) is 4.03. The molecule has 114 valence electrons. The molecule has 0 bridgehead atoms. The lowest BCUT2D eigenvalue weighted by Gasteiger charge is -2.32. The molecular formula is C16H21ClN2OS. The van der Waals surface area contributed by atoms with Crippen molar-refractivity contribution in [3.05, 3.63) is 34.9 Å². The summed E-state index contributed by atoms with van der Waals surface area (Å²) in [6.07, 6.45) is 6.43. The fraction of sp³-hybridized carbons (Fsp3) is 0.500. The predicted octanol–water partition coefficient (Wildman–Crippen LogP) is 3.55. The van der Waals surface area contributed by atoms with Crippen molar-refractivity contribution in [1.29, 1.82) is 0 Å². The van der Waals surface area contributed by atoms with Gasteiger partial charge in [-0.3, -0.25) is 4.79 Å². The first-order valence-corrected chi connectivity index (χ1v) is 8.16. The van der Waals surface area contributed by atoms with E-state index in [4.69, 9.17) is 23.8 Å². The number of halogens is 1. The number of amides is 1. The zero-order valence-corrected chi connectivity index (χ0v) is 13.8. The van der Waals surface area contributed by atoms with E-state index in [1.165, 1.54) is 19.3 Å². The molecule has 1 aliphatic carbocycles. The molecule has 1 fully saturated rings. The van der Waals surface area contributed by atoms with Crippen LogP contribution in [0, 0.1) is 0 Å². The minimum Gasteiger partial charge on any atom is -0.349 e. The van der Waals surface area contributed by atoms with Crippen molar-refractivity contribution in [1.82, 2.24) is 10.2 Å². The molecule has 0 atom stereocenters. The molecule has 2 rings (SSSR count). The molecule has 0 radical (unpaired) electrons. The van der Waals surface area contributed by atoms with E-state index in [0.717, 1.165) is 18.4 Å². The first-order valence-electron chi connectivity index (χ1n) is 7.37. The molecule has 1 aliphatic rings. The van der Waals surface area contributed by atoms with Crippen molar-refractivity contribution in [3.63, 3.8) is 0 Å². The third kappa shape index (κ3) is 4.97. The molecule has 1 N–H and O–H groups in total. The normalized spacial score (nSPS) is 15.5. The average molecular weight is 325 g/mol. The molecule has 1 aromatic rings. The number of thiocarbonyl (C=S) groups is 1. The lowest BCUT2D eigenvalue weighted by atomic mass is 9.95. The lowest BCUT2D eigenvalue weighted by molar-refractivity contribution is -0.119. The minimum atomic E-state index is -0.0787. The second kappa shape index (κ2) is 7.76. The quantitative estimate of drug-likeness (QED) is 0.863. The zero-order valence-electron chi connectivity index (χ0n) is 12.3. The van der Waals surface area contributed by atoms with Gasteiger partial charge in [0.1, 0.15) is 0 Å². The number of carbonyl (C=O) groups excluding carboxylic acids is 1. The smallest absolute Gasteiger partial charge is 0.230 e. The number of hydrogen-bond donors (Lipinski definition) is 1. The fourth-order valence-electron chi connectivity index (χ4n) is 2.67. The van der Waals surface area contributed by atoms with E-state index >= 15 is 0 Å². The Bertz CT molecular complexity index is 498. The van der Waals surface area contributed by atoms with Crippen LogP contribution in [0.25, 0.3) is 0 Å². The molecule has 21 heavy (non-hydrogen) atoms. The Hall–Kier alpha value is -1.13. The highest BCUT2D eigenvalue weighted by atomic mass is 35.5. The van der Waals surface area contributed by atoms with E-state index in [1.807, 2.05) is 24.1 Å². The lowest BCUT2D eigenvalue weighted by Crippen LogP contribution is -2.46. The number of nitrogens with one attached hydrogen (secondary N) is 1. The molecule has 5 heteroatoms. The van der Waals surface area contributed by atoms with E-state index in [2.05, 4.69) is 5.32 Å². The molecular weight excluding hydrogens is 304 g/mol. The summed E-state index contributed by atoms with van der Waals surface area (Å²) >= 11 is 11.2. The van der Waals surface area contributed by atoms with Crippen LogP contribution in [0.5, 0.6) is 0 Å². The van der Waals surface area contributed by atoms with Crippen molar-refractivity contribution < 1.29 is 4.79 Å². The van der Waals surface area contributed by atoms with Crippen LogP contribution < -0.4 is 5.32 Å². The second-order valence-electron chi connectivity index (χ2n) is 5.56. The SMILES string of the molecule is CN(C(=S)NC(=O)Cc1ccc(Cl)cc1)C1CCCCC1. The Balaban J connectivity index is 1.83. The Morgan fingerprint density at radius 1 is 1.29 bits per heavy atom. The van der Waals surface area contributed by atoms with Crippen molar-refractivity contribution in [2.24, 2.45) is 0 Å². The predicted molar refractivity (Wildman–Crippen MR) is 90.5 cm³/mol. The maximum Gasteiger partial charge on any atom is 0.230 e. The second-order valence-corrected chi connectivity index (χ2v) is 6.38. The van der Waals surface area contributed by atoms with Gasteiger partial charge in [-0.15, -0.1) is 0 Å². The van der Waals surface area contributed by atoms with Crippen LogP contribution in [0.15, 0.2) is 24.3 Å². The monoisotopic (exact) mass is 324 g/mol. The van der Waals surface area contributed by atoms with Gasteiger partial charge in [0.2, 0.25) is 5.91 Å². The molecule has 1 saturated carbocycles. The molecule has 0 saturated heterocycles. The van der Waals surface area contributed by atoms with Gasteiger partial charge in [-0.1, -0.05) is 43.0 Å². The highest BCUT2D eigenvalue weighted by molar-refractivity contribution is 7.80. The van der Waals surface area contributed by atoms with Crippen LogP contribution in [0.3, 0.4) is 0 Å². The van der Waals surface area contributed by atoms with E-state index in [0.29, 0.717) is 22.6 Å². The first-order chi connectivity index (χ1) is 10.1. The fourth-order valence-corrected chi connectivity index (χ4v) is 3.06. The first kappa shape index (κ1) is 16.2. The highest BCUT2D eigenvalue weighted by Gasteiger charge is 2.20. The average Bonchev–Trinajstić information content (AvgIpc) is 2.49. The summed E-state index contributed by atoms with van der Waals surface area (Å²) in [4.78, 5) is 14.1.